The first-order chi connectivity index (χ1) is 23.8. The topological polar surface area (TPSA) is 211 Å². The third-order valence-electron chi connectivity index (χ3n) is 14.2. The summed E-state index contributed by atoms with van der Waals surface area (Å²) in [5.74, 6) is -0.159. The number of esters is 1. The van der Waals surface area contributed by atoms with E-state index in [4.69, 9.17) is 28.4 Å². The number of aldehydes is 1. The van der Waals surface area contributed by atoms with Gasteiger partial charge in [-0.2, -0.15) is 0 Å². The molecule has 14 nitrogen and oxygen atoms in total. The Morgan fingerprint density at radius 1 is 0.900 bits per heavy atom. The zero-order valence-corrected chi connectivity index (χ0v) is 29.0. The Kier molecular flexibility index (Phi) is 10.1. The summed E-state index contributed by atoms with van der Waals surface area (Å²) >= 11 is 0. The fourth-order valence-electron chi connectivity index (χ4n) is 11.5. The maximum Gasteiger partial charge on any atom is 0.331 e. The first kappa shape index (κ1) is 36.8. The minimum atomic E-state index is -1.63. The van der Waals surface area contributed by atoms with E-state index in [1.165, 1.54) is 7.11 Å². The number of fused-ring (bicyclic) bond motifs is 5. The Bertz CT molecular complexity index is 1310. The molecule has 3 aliphatic heterocycles. The number of rotatable bonds is 8. The molecule has 2 saturated heterocycles. The van der Waals surface area contributed by atoms with Crippen LogP contribution in [0, 0.1) is 34.5 Å². The Labute approximate surface area is 292 Å². The van der Waals surface area contributed by atoms with Gasteiger partial charge in [-0.3, -0.25) is 0 Å². The zero-order valence-electron chi connectivity index (χ0n) is 29.0. The van der Waals surface area contributed by atoms with E-state index in [9.17, 15) is 40.2 Å². The largest absolute Gasteiger partial charge is 0.458 e. The van der Waals surface area contributed by atoms with Gasteiger partial charge in [0.2, 0.25) is 0 Å². The molecule has 282 valence electrons. The maximum absolute atomic E-state index is 13.2. The average Bonchev–Trinajstić information content (AvgIpc) is 3.65. The van der Waals surface area contributed by atoms with E-state index >= 15 is 0 Å². The molecule has 0 unspecified atom stereocenters. The van der Waals surface area contributed by atoms with Gasteiger partial charge in [-0.25, -0.2) is 4.79 Å². The highest BCUT2D eigenvalue weighted by molar-refractivity contribution is 5.85. The molecule has 7 aliphatic rings. The van der Waals surface area contributed by atoms with Crippen molar-refractivity contribution in [1.29, 1.82) is 0 Å². The molecule has 0 radical (unpaired) electrons. The number of cyclic esters (lactones) is 1. The molecule has 0 amide bonds. The van der Waals surface area contributed by atoms with Crippen LogP contribution in [0.1, 0.15) is 71.6 Å². The Hall–Kier alpha value is -1.56. The van der Waals surface area contributed by atoms with Crippen molar-refractivity contribution in [3.05, 3.63) is 11.6 Å². The SMILES string of the molecule is CO[C@@H]1[C@H](O)[C@H](O[C@@H]2CC[C@]3(C=O)[C@H](CC[C@@H]4[C@@H]3CC[C@@]3(C)[C@@H](C5=CC(=O)OC5)CC[C@]43O)C2)O[C@@H](C)[C@@H]1O[C@H]1O[C@@H](CO)[C@@H](O)[C@@H](O)[C@H]1O. The average molecular weight is 711 g/mol. The standard InChI is InChI=1S/C36H54O14/c1-17-30(50-32-28(42)27(41)26(40)24(14-37)49-32)31(45-3)29(43)33(47-17)48-20-6-10-35(16-38)19(13-20)4-5-23-22(35)7-9-34(2)21(8-11-36(23,34)44)18-12-25(39)46-15-18/h12,16-17,19-24,26-33,37,40-44H,4-11,13-15H2,1-3H3/t17-,19+,20+,21+,22-,23+,24-,26+,27+,28+,29-,30-,31+,32+,33-,34-,35-,36-/m0/s1. The van der Waals surface area contributed by atoms with Crippen LogP contribution in [0.5, 0.6) is 0 Å². The summed E-state index contributed by atoms with van der Waals surface area (Å²) < 4.78 is 34.9. The molecule has 14 heteroatoms. The molecule has 4 saturated carbocycles. The van der Waals surface area contributed by atoms with Crippen molar-refractivity contribution in [2.45, 2.75) is 145 Å². The highest BCUT2D eigenvalue weighted by Crippen LogP contribution is 2.69. The Balaban J connectivity index is 1.01. The van der Waals surface area contributed by atoms with Gasteiger partial charge in [0.1, 0.15) is 55.6 Å². The lowest BCUT2D eigenvalue weighted by molar-refractivity contribution is -0.362. The van der Waals surface area contributed by atoms with Crippen LogP contribution in [0.15, 0.2) is 11.6 Å². The van der Waals surface area contributed by atoms with Crippen molar-refractivity contribution in [3.8, 4) is 0 Å². The third kappa shape index (κ3) is 5.64. The third-order valence-corrected chi connectivity index (χ3v) is 14.2. The minimum absolute atomic E-state index is 0.0174. The highest BCUT2D eigenvalue weighted by Gasteiger charge is 2.69. The van der Waals surface area contributed by atoms with Gasteiger partial charge in [-0.05, 0) is 94.0 Å². The number of carbonyl (C=O) groups is 2. The number of hydrogen-bond acceptors (Lipinski definition) is 14. The monoisotopic (exact) mass is 710 g/mol. The summed E-state index contributed by atoms with van der Waals surface area (Å²) in [7, 11) is 1.40. The first-order valence-electron chi connectivity index (χ1n) is 18.4. The predicted octanol–water partition coefficient (Wildman–Crippen LogP) is 0.113. The highest BCUT2D eigenvalue weighted by atomic mass is 16.7. The lowest BCUT2D eigenvalue weighted by atomic mass is 9.43. The minimum Gasteiger partial charge on any atom is -0.458 e. The first-order valence-corrected chi connectivity index (χ1v) is 18.4. The summed E-state index contributed by atoms with van der Waals surface area (Å²) in [6.07, 6.45) is -3.53. The van der Waals surface area contributed by atoms with Gasteiger partial charge in [-0.1, -0.05) is 6.92 Å². The molecule has 0 bridgehead atoms. The fraction of sp³-hybridized carbons (Fsp3) is 0.889. The van der Waals surface area contributed by atoms with Crippen molar-refractivity contribution in [2.24, 2.45) is 34.5 Å². The van der Waals surface area contributed by atoms with E-state index < -0.39 is 84.4 Å². The lowest BCUT2D eigenvalue weighted by Crippen LogP contribution is -2.65. The van der Waals surface area contributed by atoms with Crippen molar-refractivity contribution in [1.82, 2.24) is 0 Å². The van der Waals surface area contributed by atoms with Crippen LogP contribution in [0.3, 0.4) is 0 Å². The smallest absolute Gasteiger partial charge is 0.331 e. The van der Waals surface area contributed by atoms with Gasteiger partial charge in [0.05, 0.1) is 24.4 Å². The van der Waals surface area contributed by atoms with Crippen LogP contribution in [-0.2, 0) is 38.0 Å². The molecule has 18 atom stereocenters. The fourth-order valence-corrected chi connectivity index (χ4v) is 11.5. The summed E-state index contributed by atoms with van der Waals surface area (Å²) in [5.41, 5.74) is -0.922. The van der Waals surface area contributed by atoms with Crippen LogP contribution in [-0.4, -0.2) is 136 Å². The van der Waals surface area contributed by atoms with Crippen LogP contribution in [0.25, 0.3) is 0 Å². The van der Waals surface area contributed by atoms with Crippen molar-refractivity contribution in [2.75, 3.05) is 20.3 Å². The predicted molar refractivity (Wildman–Crippen MR) is 171 cm³/mol. The number of carbonyl (C=O) groups excluding carboxylic acids is 2. The quantitative estimate of drug-likeness (QED) is 0.112. The molecule has 7 rings (SSSR count). The second-order valence-electron chi connectivity index (χ2n) is 16.2. The lowest BCUT2D eigenvalue weighted by Gasteiger charge is -2.63. The van der Waals surface area contributed by atoms with Crippen LogP contribution < -0.4 is 0 Å². The van der Waals surface area contributed by atoms with Crippen molar-refractivity contribution >= 4 is 12.3 Å². The molecule has 4 aliphatic carbocycles. The molecule has 0 aromatic heterocycles. The van der Waals surface area contributed by atoms with E-state index in [2.05, 4.69) is 6.92 Å². The number of ether oxygens (including phenoxy) is 6. The molecule has 0 aromatic rings. The van der Waals surface area contributed by atoms with Gasteiger partial charge < -0.3 is 63.9 Å². The van der Waals surface area contributed by atoms with E-state index in [1.54, 1.807) is 13.0 Å². The van der Waals surface area contributed by atoms with E-state index in [0.29, 0.717) is 32.3 Å². The van der Waals surface area contributed by atoms with Gasteiger partial charge >= 0.3 is 5.97 Å². The van der Waals surface area contributed by atoms with Crippen LogP contribution >= 0.6 is 0 Å². The van der Waals surface area contributed by atoms with Gasteiger partial charge in [0, 0.05) is 24.0 Å². The van der Waals surface area contributed by atoms with Crippen LogP contribution in [0.2, 0.25) is 0 Å². The number of methoxy groups -OCH3 is 1. The van der Waals surface area contributed by atoms with Gasteiger partial charge in [0.15, 0.2) is 12.6 Å². The van der Waals surface area contributed by atoms with Gasteiger partial charge in [-0.15, -0.1) is 0 Å². The molecule has 6 N–H and O–H groups in total. The maximum atomic E-state index is 13.2. The molecule has 3 heterocycles. The number of aliphatic hydroxyl groups excluding tert-OH is 5. The summed E-state index contributed by atoms with van der Waals surface area (Å²) in [4.78, 5) is 25.1. The number of aliphatic hydroxyl groups is 6. The summed E-state index contributed by atoms with van der Waals surface area (Å²) in [6, 6.07) is 0. The Morgan fingerprint density at radius 3 is 2.34 bits per heavy atom. The number of hydrogen-bond donors (Lipinski definition) is 6. The normalized spacial score (nSPS) is 53.5. The molecule has 50 heavy (non-hydrogen) atoms. The zero-order chi connectivity index (χ0) is 35.7. The van der Waals surface area contributed by atoms with Crippen molar-refractivity contribution in [3.63, 3.8) is 0 Å². The van der Waals surface area contributed by atoms with Crippen LogP contribution in [0.4, 0.5) is 0 Å². The Morgan fingerprint density at radius 2 is 1.66 bits per heavy atom. The second-order valence-corrected chi connectivity index (χ2v) is 16.2. The summed E-state index contributed by atoms with van der Waals surface area (Å²) in [6.45, 7) is 3.55. The van der Waals surface area contributed by atoms with Crippen molar-refractivity contribution < 1.29 is 68.6 Å². The molecular formula is C36H54O14. The summed E-state index contributed by atoms with van der Waals surface area (Å²) in [5, 5.41) is 64.3. The molecule has 6 fully saturated rings. The molecule has 0 spiro atoms. The second kappa shape index (κ2) is 13.7. The molecule has 0 aromatic carbocycles. The van der Waals surface area contributed by atoms with E-state index in [0.717, 1.165) is 44.0 Å². The van der Waals surface area contributed by atoms with E-state index in [1.807, 2.05) is 0 Å². The van der Waals surface area contributed by atoms with E-state index in [-0.39, 0.29) is 35.7 Å². The van der Waals surface area contributed by atoms with Gasteiger partial charge in [0.25, 0.3) is 0 Å². The molecular weight excluding hydrogens is 656 g/mol.